The van der Waals surface area contributed by atoms with Crippen LogP contribution in [0.1, 0.15) is 30.5 Å². The maximum absolute atomic E-state index is 13.7. The summed E-state index contributed by atoms with van der Waals surface area (Å²) in [5.41, 5.74) is 1.98. The summed E-state index contributed by atoms with van der Waals surface area (Å²) in [4.78, 5) is 0. The van der Waals surface area contributed by atoms with Gasteiger partial charge in [-0.2, -0.15) is 0 Å². The molecule has 0 spiro atoms. The molecule has 0 fully saturated rings. The highest BCUT2D eigenvalue weighted by molar-refractivity contribution is 5.33. The molecule has 0 aromatic heterocycles. The van der Waals surface area contributed by atoms with Gasteiger partial charge in [-0.15, -0.1) is 0 Å². The lowest BCUT2D eigenvalue weighted by Crippen LogP contribution is -2.13. The molecule has 1 aromatic carbocycles. The lowest BCUT2D eigenvalue weighted by atomic mass is 9.94. The number of rotatable bonds is 4. The normalized spacial score (nSPS) is 11.8. The van der Waals surface area contributed by atoms with Crippen molar-refractivity contribution >= 4 is 0 Å². The summed E-state index contributed by atoms with van der Waals surface area (Å²) in [6, 6.07) is 5.85. The van der Waals surface area contributed by atoms with Gasteiger partial charge in [-0.3, -0.25) is 0 Å². The molecule has 0 aliphatic rings. The zero-order valence-corrected chi connectivity index (χ0v) is 10.0. The van der Waals surface area contributed by atoms with Crippen molar-refractivity contribution in [3.05, 3.63) is 34.9 Å². The van der Waals surface area contributed by atoms with Gasteiger partial charge in [0.2, 0.25) is 0 Å². The minimum atomic E-state index is -1.25. The van der Waals surface area contributed by atoms with Gasteiger partial charge in [0.1, 0.15) is 5.67 Å². The minimum Gasteiger partial charge on any atom is -0.319 e. The average molecular weight is 209 g/mol. The lowest BCUT2D eigenvalue weighted by Gasteiger charge is -2.17. The Morgan fingerprint density at radius 2 is 2.00 bits per heavy atom. The number of nitrogens with one attached hydrogen (secondary N) is 1. The van der Waals surface area contributed by atoms with Crippen LogP contribution in [0.25, 0.3) is 0 Å². The molecule has 0 heterocycles. The van der Waals surface area contributed by atoms with Gasteiger partial charge in [0.05, 0.1) is 0 Å². The van der Waals surface area contributed by atoms with Crippen LogP contribution in [-0.2, 0) is 12.1 Å². The predicted molar refractivity (Wildman–Crippen MR) is 62.9 cm³/mol. The Balaban J connectivity index is 2.95. The van der Waals surface area contributed by atoms with Crippen molar-refractivity contribution in [3.8, 4) is 0 Å². The van der Waals surface area contributed by atoms with E-state index < -0.39 is 5.67 Å². The standard InChI is InChI=1S/C13H20FN/c1-10-5-6-12(13(2,3)14)9-11(10)7-8-15-4/h5-6,9,15H,7-8H2,1-4H3. The Kier molecular flexibility index (Phi) is 3.86. The molecule has 1 aromatic rings. The highest BCUT2D eigenvalue weighted by Gasteiger charge is 2.19. The Labute approximate surface area is 91.7 Å². The fourth-order valence-corrected chi connectivity index (χ4v) is 1.57. The summed E-state index contributed by atoms with van der Waals surface area (Å²) in [6.07, 6.45) is 0.951. The SMILES string of the molecule is CNCCc1cc(C(C)(C)F)ccc1C. The van der Waals surface area contributed by atoms with Gasteiger partial charge in [-0.25, -0.2) is 4.39 Å². The highest BCUT2D eigenvalue weighted by atomic mass is 19.1. The number of aryl methyl sites for hydroxylation is 1. The molecule has 1 nitrogen and oxygen atoms in total. The summed E-state index contributed by atoms with van der Waals surface area (Å²) in [6.45, 7) is 6.19. The van der Waals surface area contributed by atoms with Crippen LogP contribution in [0, 0.1) is 6.92 Å². The van der Waals surface area contributed by atoms with Crippen molar-refractivity contribution in [3.63, 3.8) is 0 Å². The number of alkyl halides is 1. The molecule has 1 N–H and O–H groups in total. The van der Waals surface area contributed by atoms with Crippen LogP contribution in [-0.4, -0.2) is 13.6 Å². The zero-order chi connectivity index (χ0) is 11.5. The van der Waals surface area contributed by atoms with Crippen LogP contribution in [0.2, 0.25) is 0 Å². The van der Waals surface area contributed by atoms with Crippen molar-refractivity contribution in [2.45, 2.75) is 32.9 Å². The van der Waals surface area contributed by atoms with Crippen LogP contribution >= 0.6 is 0 Å². The topological polar surface area (TPSA) is 12.0 Å². The Hall–Kier alpha value is -0.890. The maximum atomic E-state index is 13.7. The molecule has 0 unspecified atom stereocenters. The van der Waals surface area contributed by atoms with Crippen LogP contribution in [0.5, 0.6) is 0 Å². The molecule has 0 saturated heterocycles. The molecule has 0 saturated carbocycles. The van der Waals surface area contributed by atoms with Crippen molar-refractivity contribution in [1.82, 2.24) is 5.32 Å². The molecular formula is C13H20FN. The van der Waals surface area contributed by atoms with Crippen LogP contribution in [0.4, 0.5) is 4.39 Å². The predicted octanol–water partition coefficient (Wildman–Crippen LogP) is 2.96. The number of benzene rings is 1. The van der Waals surface area contributed by atoms with E-state index >= 15 is 0 Å². The van der Waals surface area contributed by atoms with Gasteiger partial charge in [-0.1, -0.05) is 18.2 Å². The number of hydrogen-bond acceptors (Lipinski definition) is 1. The van der Waals surface area contributed by atoms with Crippen molar-refractivity contribution in [2.24, 2.45) is 0 Å². The second kappa shape index (κ2) is 4.75. The third-order valence-electron chi connectivity index (χ3n) is 2.68. The van der Waals surface area contributed by atoms with Crippen LogP contribution in [0.15, 0.2) is 18.2 Å². The molecule has 0 bridgehead atoms. The zero-order valence-electron chi connectivity index (χ0n) is 10.0. The third-order valence-corrected chi connectivity index (χ3v) is 2.68. The molecule has 84 valence electrons. The number of likely N-dealkylation sites (N-methyl/N-ethyl adjacent to an activating group) is 1. The van der Waals surface area contributed by atoms with E-state index in [1.54, 1.807) is 13.8 Å². The van der Waals surface area contributed by atoms with Crippen LogP contribution in [0.3, 0.4) is 0 Å². The maximum Gasteiger partial charge on any atom is 0.130 e. The molecule has 1 rings (SSSR count). The first-order valence-electron chi connectivity index (χ1n) is 5.38. The van der Waals surface area contributed by atoms with E-state index in [4.69, 9.17) is 0 Å². The summed E-state index contributed by atoms with van der Waals surface area (Å²) in [5.74, 6) is 0. The van der Waals surface area contributed by atoms with Gasteiger partial charge < -0.3 is 5.32 Å². The quantitative estimate of drug-likeness (QED) is 0.804. The second-order valence-corrected chi connectivity index (χ2v) is 4.47. The summed E-state index contributed by atoms with van der Waals surface area (Å²) in [5, 5.41) is 3.11. The second-order valence-electron chi connectivity index (χ2n) is 4.47. The highest BCUT2D eigenvalue weighted by Crippen LogP contribution is 2.26. The van der Waals surface area contributed by atoms with Crippen molar-refractivity contribution < 1.29 is 4.39 Å². The van der Waals surface area contributed by atoms with Gasteiger partial charge in [0.15, 0.2) is 0 Å². The molecule has 0 amide bonds. The lowest BCUT2D eigenvalue weighted by molar-refractivity contribution is 0.221. The molecular weight excluding hydrogens is 189 g/mol. The third kappa shape index (κ3) is 3.31. The first kappa shape index (κ1) is 12.2. The fourth-order valence-electron chi connectivity index (χ4n) is 1.57. The smallest absolute Gasteiger partial charge is 0.130 e. The monoisotopic (exact) mass is 209 g/mol. The van der Waals surface area contributed by atoms with Crippen molar-refractivity contribution in [2.75, 3.05) is 13.6 Å². The average Bonchev–Trinajstić information content (AvgIpc) is 2.15. The van der Waals surface area contributed by atoms with Gasteiger partial charge in [0, 0.05) is 0 Å². The molecule has 0 atom stereocenters. The van der Waals surface area contributed by atoms with Gasteiger partial charge in [-0.05, 0) is 57.5 Å². The first-order valence-corrected chi connectivity index (χ1v) is 5.38. The molecule has 15 heavy (non-hydrogen) atoms. The van der Waals surface area contributed by atoms with E-state index in [0.29, 0.717) is 0 Å². The molecule has 0 aliphatic heterocycles. The number of halogens is 1. The Morgan fingerprint density at radius 3 is 2.53 bits per heavy atom. The largest absolute Gasteiger partial charge is 0.319 e. The first-order chi connectivity index (χ1) is 6.95. The summed E-state index contributed by atoms with van der Waals surface area (Å²) in [7, 11) is 1.93. The molecule has 0 radical (unpaired) electrons. The molecule has 0 aliphatic carbocycles. The van der Waals surface area contributed by atoms with E-state index in [9.17, 15) is 4.39 Å². The summed E-state index contributed by atoms with van der Waals surface area (Å²) >= 11 is 0. The fraction of sp³-hybridized carbons (Fsp3) is 0.538. The van der Waals surface area contributed by atoms with E-state index in [1.165, 1.54) is 11.1 Å². The van der Waals surface area contributed by atoms with E-state index in [0.717, 1.165) is 18.5 Å². The Morgan fingerprint density at radius 1 is 1.33 bits per heavy atom. The minimum absolute atomic E-state index is 0.763. The Bertz CT molecular complexity index is 326. The molecule has 2 heteroatoms. The van der Waals surface area contributed by atoms with Gasteiger partial charge >= 0.3 is 0 Å². The van der Waals surface area contributed by atoms with E-state index in [2.05, 4.69) is 12.2 Å². The van der Waals surface area contributed by atoms with Gasteiger partial charge in [0.25, 0.3) is 0 Å². The van der Waals surface area contributed by atoms with E-state index in [-0.39, 0.29) is 0 Å². The van der Waals surface area contributed by atoms with Crippen molar-refractivity contribution in [1.29, 1.82) is 0 Å². The number of hydrogen-bond donors (Lipinski definition) is 1. The summed E-state index contributed by atoms with van der Waals surface area (Å²) < 4.78 is 13.7. The van der Waals surface area contributed by atoms with Crippen LogP contribution < -0.4 is 5.32 Å². The van der Waals surface area contributed by atoms with E-state index in [1.807, 2.05) is 25.2 Å².